The van der Waals surface area contributed by atoms with Crippen LogP contribution in [-0.4, -0.2) is 53.4 Å². The highest BCUT2D eigenvalue weighted by molar-refractivity contribution is 6.09. The van der Waals surface area contributed by atoms with Gasteiger partial charge in [0.15, 0.2) is 5.78 Å². The second-order valence-corrected chi connectivity index (χ2v) is 5.00. The Labute approximate surface area is 120 Å². The number of ketones is 1. The van der Waals surface area contributed by atoms with Gasteiger partial charge >= 0.3 is 0 Å². The molecule has 0 radical (unpaired) electrons. The van der Waals surface area contributed by atoms with Crippen molar-refractivity contribution in [3.05, 3.63) is 40.1 Å². The number of rotatable bonds is 4. The predicted octanol–water partition coefficient (Wildman–Crippen LogP) is 1.59. The third-order valence-electron chi connectivity index (χ3n) is 3.65. The predicted molar refractivity (Wildman–Crippen MR) is 76.5 cm³/mol. The number of nitro benzene ring substituents is 1. The molecule has 110 valence electrons. The molecule has 2 aromatic rings. The molecule has 0 atom stereocenters. The van der Waals surface area contributed by atoms with E-state index < -0.39 is 4.92 Å². The van der Waals surface area contributed by atoms with Crippen LogP contribution < -0.4 is 0 Å². The summed E-state index contributed by atoms with van der Waals surface area (Å²) >= 11 is 0. The number of H-pyrrole nitrogens is 1. The number of nitro groups is 1. The van der Waals surface area contributed by atoms with Gasteiger partial charge in [0, 0.05) is 47.9 Å². The Morgan fingerprint density at radius 3 is 2.86 bits per heavy atom. The first-order valence-electron chi connectivity index (χ1n) is 6.74. The largest absolute Gasteiger partial charge is 0.379 e. The van der Waals surface area contributed by atoms with Crippen LogP contribution in [-0.2, 0) is 4.74 Å². The third kappa shape index (κ3) is 2.79. The quantitative estimate of drug-likeness (QED) is 0.524. The van der Waals surface area contributed by atoms with E-state index in [2.05, 4.69) is 4.98 Å². The molecule has 1 aromatic heterocycles. The lowest BCUT2D eigenvalue weighted by molar-refractivity contribution is -0.384. The molecule has 1 N–H and O–H groups in total. The number of benzene rings is 1. The summed E-state index contributed by atoms with van der Waals surface area (Å²) in [5.74, 6) is -0.0383. The molecule has 0 spiro atoms. The number of nitrogens with zero attached hydrogens (tertiary/aromatic N) is 2. The van der Waals surface area contributed by atoms with Crippen molar-refractivity contribution in [1.29, 1.82) is 0 Å². The molecule has 1 fully saturated rings. The van der Waals surface area contributed by atoms with E-state index in [1.165, 1.54) is 12.1 Å². The number of ether oxygens (including phenoxy) is 1. The second kappa shape index (κ2) is 5.63. The van der Waals surface area contributed by atoms with Gasteiger partial charge in [-0.2, -0.15) is 0 Å². The SMILES string of the molecule is O=C(CN1CCOCC1)c1c[nH]c2ccc([N+](=O)[O-])cc12. The summed E-state index contributed by atoms with van der Waals surface area (Å²) in [6.45, 7) is 3.03. The van der Waals surface area contributed by atoms with Crippen molar-refractivity contribution >= 4 is 22.4 Å². The fourth-order valence-corrected chi connectivity index (χ4v) is 2.50. The van der Waals surface area contributed by atoms with Gasteiger partial charge in [-0.25, -0.2) is 0 Å². The molecule has 1 aromatic carbocycles. The topological polar surface area (TPSA) is 88.5 Å². The minimum Gasteiger partial charge on any atom is -0.379 e. The lowest BCUT2D eigenvalue weighted by Gasteiger charge is -2.25. The average Bonchev–Trinajstić information content (AvgIpc) is 2.91. The number of fused-ring (bicyclic) bond motifs is 1. The van der Waals surface area contributed by atoms with E-state index in [9.17, 15) is 14.9 Å². The Bertz CT molecular complexity index is 689. The van der Waals surface area contributed by atoms with E-state index in [1.54, 1.807) is 12.3 Å². The number of carbonyl (C=O) groups is 1. The minimum atomic E-state index is -0.456. The summed E-state index contributed by atoms with van der Waals surface area (Å²) in [5, 5.41) is 11.5. The third-order valence-corrected chi connectivity index (χ3v) is 3.65. The van der Waals surface area contributed by atoms with E-state index in [0.717, 1.165) is 18.6 Å². The number of hydrogen-bond acceptors (Lipinski definition) is 5. The smallest absolute Gasteiger partial charge is 0.270 e. The first kappa shape index (κ1) is 13.7. The van der Waals surface area contributed by atoms with Crippen LogP contribution in [0.4, 0.5) is 5.69 Å². The van der Waals surface area contributed by atoms with Crippen molar-refractivity contribution in [2.45, 2.75) is 0 Å². The molecule has 0 aliphatic carbocycles. The Hall–Kier alpha value is -2.25. The summed E-state index contributed by atoms with van der Waals surface area (Å²) in [7, 11) is 0. The highest BCUT2D eigenvalue weighted by atomic mass is 16.6. The van der Waals surface area contributed by atoms with Crippen LogP contribution in [0.15, 0.2) is 24.4 Å². The van der Waals surface area contributed by atoms with Gasteiger partial charge in [-0.1, -0.05) is 0 Å². The van der Waals surface area contributed by atoms with Crippen molar-refractivity contribution in [2.24, 2.45) is 0 Å². The monoisotopic (exact) mass is 289 g/mol. The van der Waals surface area contributed by atoms with Gasteiger partial charge in [-0.15, -0.1) is 0 Å². The average molecular weight is 289 g/mol. The van der Waals surface area contributed by atoms with Gasteiger partial charge in [0.2, 0.25) is 0 Å². The molecule has 1 saturated heterocycles. The molecular formula is C14H15N3O4. The molecule has 21 heavy (non-hydrogen) atoms. The second-order valence-electron chi connectivity index (χ2n) is 5.00. The molecule has 7 nitrogen and oxygen atoms in total. The van der Waals surface area contributed by atoms with Crippen molar-refractivity contribution in [3.8, 4) is 0 Å². The van der Waals surface area contributed by atoms with Gasteiger partial charge in [-0.3, -0.25) is 19.8 Å². The van der Waals surface area contributed by atoms with Gasteiger partial charge in [0.1, 0.15) is 0 Å². The highest BCUT2D eigenvalue weighted by Crippen LogP contribution is 2.24. The van der Waals surface area contributed by atoms with Crippen LogP contribution in [0.3, 0.4) is 0 Å². The van der Waals surface area contributed by atoms with Crippen molar-refractivity contribution in [2.75, 3.05) is 32.8 Å². The minimum absolute atomic E-state index is 0.0116. The maximum atomic E-state index is 12.4. The van der Waals surface area contributed by atoms with Crippen LogP contribution in [0.1, 0.15) is 10.4 Å². The normalized spacial score (nSPS) is 16.2. The number of morpholine rings is 1. The summed E-state index contributed by atoms with van der Waals surface area (Å²) < 4.78 is 5.25. The molecular weight excluding hydrogens is 274 g/mol. The molecule has 0 bridgehead atoms. The van der Waals surface area contributed by atoms with Crippen LogP contribution in [0.2, 0.25) is 0 Å². The highest BCUT2D eigenvalue weighted by Gasteiger charge is 2.19. The Balaban J connectivity index is 1.86. The van der Waals surface area contributed by atoms with E-state index >= 15 is 0 Å². The molecule has 3 rings (SSSR count). The number of nitrogens with one attached hydrogen (secondary N) is 1. The first-order valence-corrected chi connectivity index (χ1v) is 6.74. The van der Waals surface area contributed by atoms with E-state index in [-0.39, 0.29) is 11.5 Å². The molecule has 0 amide bonds. The van der Waals surface area contributed by atoms with Crippen LogP contribution in [0.25, 0.3) is 10.9 Å². The summed E-state index contributed by atoms with van der Waals surface area (Å²) in [6.07, 6.45) is 1.62. The van der Waals surface area contributed by atoms with Crippen LogP contribution in [0.5, 0.6) is 0 Å². The summed E-state index contributed by atoms with van der Waals surface area (Å²) in [5.41, 5.74) is 1.22. The summed E-state index contributed by atoms with van der Waals surface area (Å²) in [4.78, 5) is 27.8. The van der Waals surface area contributed by atoms with Gasteiger partial charge < -0.3 is 9.72 Å². The van der Waals surface area contributed by atoms with E-state index in [0.29, 0.717) is 30.7 Å². The van der Waals surface area contributed by atoms with Gasteiger partial charge in [0.25, 0.3) is 5.69 Å². The first-order chi connectivity index (χ1) is 10.1. The lowest BCUT2D eigenvalue weighted by Crippen LogP contribution is -2.39. The number of Topliss-reactive ketones (excluding diaryl/α,β-unsaturated/α-hetero) is 1. The number of aromatic nitrogens is 1. The number of hydrogen-bond donors (Lipinski definition) is 1. The fourth-order valence-electron chi connectivity index (χ4n) is 2.50. The maximum Gasteiger partial charge on any atom is 0.270 e. The molecule has 0 unspecified atom stereocenters. The Morgan fingerprint density at radius 1 is 1.38 bits per heavy atom. The standard InChI is InChI=1S/C14H15N3O4/c18-14(9-16-3-5-21-6-4-16)12-8-15-13-2-1-10(17(19)20)7-11(12)13/h1-2,7-8,15H,3-6,9H2. The number of aromatic amines is 1. The van der Waals surface area contributed by atoms with Crippen LogP contribution >= 0.6 is 0 Å². The van der Waals surface area contributed by atoms with Crippen molar-refractivity contribution in [3.63, 3.8) is 0 Å². The molecule has 1 aliphatic heterocycles. The van der Waals surface area contributed by atoms with Gasteiger partial charge in [-0.05, 0) is 6.07 Å². The van der Waals surface area contributed by atoms with Crippen LogP contribution in [0, 0.1) is 10.1 Å². The van der Waals surface area contributed by atoms with E-state index in [1.807, 2.05) is 4.90 Å². The molecule has 0 saturated carbocycles. The zero-order valence-electron chi connectivity index (χ0n) is 11.4. The molecule has 2 heterocycles. The number of non-ortho nitro benzene ring substituents is 1. The Morgan fingerprint density at radius 2 is 2.14 bits per heavy atom. The number of carbonyl (C=O) groups excluding carboxylic acids is 1. The molecule has 1 aliphatic rings. The van der Waals surface area contributed by atoms with Gasteiger partial charge in [0.05, 0.1) is 24.7 Å². The lowest BCUT2D eigenvalue weighted by atomic mass is 10.1. The fraction of sp³-hybridized carbons (Fsp3) is 0.357. The maximum absolute atomic E-state index is 12.4. The molecule has 7 heteroatoms. The van der Waals surface area contributed by atoms with E-state index in [4.69, 9.17) is 4.74 Å². The zero-order chi connectivity index (χ0) is 14.8. The summed E-state index contributed by atoms with van der Waals surface area (Å²) in [6, 6.07) is 4.49. The van der Waals surface area contributed by atoms with Crippen molar-refractivity contribution in [1.82, 2.24) is 9.88 Å². The van der Waals surface area contributed by atoms with Crippen molar-refractivity contribution < 1.29 is 14.5 Å². The zero-order valence-corrected chi connectivity index (χ0v) is 11.4. The Kier molecular flexibility index (Phi) is 3.68.